The number of nitrogens with one attached hydrogen (secondary N) is 1. The van der Waals surface area contributed by atoms with Crippen molar-refractivity contribution in [2.75, 3.05) is 5.32 Å². The van der Waals surface area contributed by atoms with Gasteiger partial charge in [-0.15, -0.1) is 0 Å². The summed E-state index contributed by atoms with van der Waals surface area (Å²) in [4.78, 5) is 40.4. The Bertz CT molecular complexity index is 717. The lowest BCUT2D eigenvalue weighted by molar-refractivity contribution is -0.114. The van der Waals surface area contributed by atoms with Gasteiger partial charge in [0.1, 0.15) is 0 Å². The summed E-state index contributed by atoms with van der Waals surface area (Å²) in [5.74, 6) is -1.31. The minimum Gasteiger partial charge on any atom is -0.461 e. The molecule has 6 nitrogen and oxygen atoms in total. The fraction of sp³-hybridized carbons (Fsp3) is 0.286. The van der Waals surface area contributed by atoms with Gasteiger partial charge in [0.15, 0.2) is 16.7 Å². The molecule has 1 aliphatic carbocycles. The van der Waals surface area contributed by atoms with Gasteiger partial charge in [-0.3, -0.25) is 14.4 Å². The van der Waals surface area contributed by atoms with E-state index in [9.17, 15) is 14.4 Å². The molecule has 0 saturated heterocycles. The average Bonchev–Trinajstić information content (AvgIpc) is 3.06. The standard InChI is InChI=1S/C14H12N2O4S/c1-7(17)15-14-16-9-5-4-8(12(19)13(9)21-14)11(18)10-3-2-6-20-10/h2-3,6,8H,4-5H2,1H3,(H,15,16,17). The Morgan fingerprint density at radius 2 is 2.29 bits per heavy atom. The molecule has 0 aliphatic heterocycles. The molecule has 0 fully saturated rings. The molecule has 2 heterocycles. The largest absolute Gasteiger partial charge is 0.461 e. The van der Waals surface area contributed by atoms with Gasteiger partial charge >= 0.3 is 0 Å². The van der Waals surface area contributed by atoms with E-state index >= 15 is 0 Å². The summed E-state index contributed by atoms with van der Waals surface area (Å²) in [7, 11) is 0. The fourth-order valence-corrected chi connectivity index (χ4v) is 3.38. The molecule has 1 N–H and O–H groups in total. The number of anilines is 1. The summed E-state index contributed by atoms with van der Waals surface area (Å²) in [6, 6.07) is 3.17. The highest BCUT2D eigenvalue weighted by Gasteiger charge is 2.36. The van der Waals surface area contributed by atoms with E-state index < -0.39 is 5.92 Å². The number of aromatic nitrogens is 1. The second kappa shape index (κ2) is 5.25. The highest BCUT2D eigenvalue weighted by molar-refractivity contribution is 7.17. The van der Waals surface area contributed by atoms with E-state index in [1.807, 2.05) is 0 Å². The molecule has 21 heavy (non-hydrogen) atoms. The molecule has 0 radical (unpaired) electrons. The van der Waals surface area contributed by atoms with Crippen LogP contribution in [0, 0.1) is 5.92 Å². The Balaban J connectivity index is 1.87. The number of furan rings is 1. The predicted molar refractivity (Wildman–Crippen MR) is 75.6 cm³/mol. The summed E-state index contributed by atoms with van der Waals surface area (Å²) < 4.78 is 5.07. The highest BCUT2D eigenvalue weighted by Crippen LogP contribution is 2.33. The molecule has 1 aliphatic rings. The van der Waals surface area contributed by atoms with Crippen molar-refractivity contribution in [1.82, 2.24) is 4.98 Å². The number of Topliss-reactive ketones (excluding diaryl/α,β-unsaturated/α-hetero) is 2. The zero-order chi connectivity index (χ0) is 15.0. The van der Waals surface area contributed by atoms with E-state index in [2.05, 4.69) is 10.3 Å². The first-order chi connectivity index (χ1) is 10.1. The van der Waals surface area contributed by atoms with Gasteiger partial charge in [0.05, 0.1) is 22.8 Å². The molecule has 2 aromatic heterocycles. The molecule has 1 atom stereocenters. The number of hydrogen-bond acceptors (Lipinski definition) is 6. The lowest BCUT2D eigenvalue weighted by Gasteiger charge is -2.17. The van der Waals surface area contributed by atoms with Crippen molar-refractivity contribution in [3.8, 4) is 0 Å². The Hall–Kier alpha value is -2.28. The maximum Gasteiger partial charge on any atom is 0.223 e. The Morgan fingerprint density at radius 3 is 2.95 bits per heavy atom. The van der Waals surface area contributed by atoms with Crippen LogP contribution in [0.5, 0.6) is 0 Å². The predicted octanol–water partition coefficient (Wildman–Crippen LogP) is 2.32. The van der Waals surface area contributed by atoms with Crippen molar-refractivity contribution >= 4 is 33.9 Å². The lowest BCUT2D eigenvalue weighted by Crippen LogP contribution is -2.28. The van der Waals surface area contributed by atoms with E-state index in [0.717, 1.165) is 11.3 Å². The molecular formula is C14H12N2O4S. The smallest absolute Gasteiger partial charge is 0.223 e. The minimum atomic E-state index is -0.728. The van der Waals surface area contributed by atoms with Crippen LogP contribution in [0.4, 0.5) is 5.13 Å². The van der Waals surface area contributed by atoms with E-state index in [1.165, 1.54) is 13.2 Å². The quantitative estimate of drug-likeness (QED) is 0.694. The topological polar surface area (TPSA) is 89.3 Å². The van der Waals surface area contributed by atoms with Crippen molar-refractivity contribution in [2.24, 2.45) is 5.92 Å². The first-order valence-electron chi connectivity index (χ1n) is 6.45. The molecule has 7 heteroatoms. The number of fused-ring (bicyclic) bond motifs is 1. The van der Waals surface area contributed by atoms with Crippen LogP contribution < -0.4 is 5.32 Å². The van der Waals surface area contributed by atoms with E-state index in [0.29, 0.717) is 28.5 Å². The minimum absolute atomic E-state index is 0.198. The Morgan fingerprint density at radius 1 is 1.48 bits per heavy atom. The molecule has 1 amide bonds. The van der Waals surface area contributed by atoms with Crippen LogP contribution in [0.3, 0.4) is 0 Å². The number of carbonyl (C=O) groups excluding carboxylic acids is 3. The summed E-state index contributed by atoms with van der Waals surface area (Å²) in [5, 5.41) is 2.96. The normalized spacial score (nSPS) is 17.4. The van der Waals surface area contributed by atoms with E-state index in [4.69, 9.17) is 4.42 Å². The second-order valence-corrected chi connectivity index (χ2v) is 5.77. The van der Waals surface area contributed by atoms with E-state index in [-0.39, 0.29) is 23.2 Å². The first-order valence-corrected chi connectivity index (χ1v) is 7.27. The molecule has 2 aromatic rings. The Kier molecular flexibility index (Phi) is 3.42. The van der Waals surface area contributed by atoms with Crippen LogP contribution in [0.15, 0.2) is 22.8 Å². The van der Waals surface area contributed by atoms with Crippen LogP contribution in [0.2, 0.25) is 0 Å². The van der Waals surface area contributed by atoms with Gasteiger partial charge in [0.25, 0.3) is 0 Å². The van der Waals surface area contributed by atoms with Crippen LogP contribution in [-0.4, -0.2) is 22.5 Å². The SMILES string of the molecule is CC(=O)Nc1nc2c(s1)C(=O)C(C(=O)c1ccco1)CC2. The number of aryl methyl sites for hydroxylation is 1. The number of thiazole rings is 1. The third-order valence-electron chi connectivity index (χ3n) is 3.27. The van der Waals surface area contributed by atoms with Crippen molar-refractivity contribution in [3.63, 3.8) is 0 Å². The van der Waals surface area contributed by atoms with Crippen molar-refractivity contribution < 1.29 is 18.8 Å². The molecule has 3 rings (SSSR count). The monoisotopic (exact) mass is 304 g/mol. The fourth-order valence-electron chi connectivity index (χ4n) is 2.33. The number of hydrogen-bond donors (Lipinski definition) is 1. The summed E-state index contributed by atoms with van der Waals surface area (Å²) in [6.07, 6.45) is 2.36. The van der Waals surface area contributed by atoms with Gasteiger partial charge in [0.2, 0.25) is 11.7 Å². The van der Waals surface area contributed by atoms with Gasteiger partial charge in [0, 0.05) is 6.92 Å². The molecular weight excluding hydrogens is 292 g/mol. The zero-order valence-corrected chi connectivity index (χ0v) is 12.0. The molecule has 108 valence electrons. The van der Waals surface area contributed by atoms with Crippen molar-refractivity contribution in [2.45, 2.75) is 19.8 Å². The summed E-state index contributed by atoms with van der Waals surface area (Å²) in [6.45, 7) is 1.38. The van der Waals surface area contributed by atoms with Crippen LogP contribution in [0.1, 0.15) is 39.3 Å². The average molecular weight is 304 g/mol. The van der Waals surface area contributed by atoms with E-state index in [1.54, 1.807) is 12.1 Å². The third-order valence-corrected chi connectivity index (χ3v) is 4.30. The van der Waals surface area contributed by atoms with Gasteiger partial charge < -0.3 is 9.73 Å². The van der Waals surface area contributed by atoms with Crippen molar-refractivity contribution in [3.05, 3.63) is 34.7 Å². The first kappa shape index (κ1) is 13.7. The maximum absolute atomic E-state index is 12.4. The Labute approximate surface area is 124 Å². The number of ketones is 2. The van der Waals surface area contributed by atoms with Crippen molar-refractivity contribution in [1.29, 1.82) is 0 Å². The molecule has 1 unspecified atom stereocenters. The summed E-state index contributed by atoms with van der Waals surface area (Å²) >= 11 is 1.11. The second-order valence-electron chi connectivity index (χ2n) is 4.77. The number of nitrogens with zero attached hydrogens (tertiary/aromatic N) is 1. The number of carbonyl (C=O) groups is 3. The molecule has 0 aromatic carbocycles. The molecule has 0 bridgehead atoms. The van der Waals surface area contributed by atoms with Gasteiger partial charge in [-0.2, -0.15) is 0 Å². The zero-order valence-electron chi connectivity index (χ0n) is 11.2. The number of rotatable bonds is 3. The highest BCUT2D eigenvalue weighted by atomic mass is 32.1. The molecule has 0 spiro atoms. The lowest BCUT2D eigenvalue weighted by atomic mass is 9.86. The van der Waals surface area contributed by atoms with Gasteiger partial charge in [-0.25, -0.2) is 4.98 Å². The van der Waals surface area contributed by atoms with Crippen LogP contribution in [-0.2, 0) is 11.2 Å². The third kappa shape index (κ3) is 2.52. The molecule has 0 saturated carbocycles. The van der Waals surface area contributed by atoms with Gasteiger partial charge in [-0.1, -0.05) is 11.3 Å². The summed E-state index contributed by atoms with van der Waals surface area (Å²) in [5.41, 5.74) is 0.650. The van der Waals surface area contributed by atoms with Crippen LogP contribution in [0.25, 0.3) is 0 Å². The van der Waals surface area contributed by atoms with Gasteiger partial charge in [-0.05, 0) is 25.0 Å². The van der Waals surface area contributed by atoms with Crippen LogP contribution >= 0.6 is 11.3 Å². The maximum atomic E-state index is 12.4. The number of amides is 1.